The normalized spacial score (nSPS) is 10.3. The SMILES string of the molecule is CCCOCCN(C)c1ccc(C(=O)O)cc1N. The van der Waals surface area contributed by atoms with Crippen molar-refractivity contribution in [1.82, 2.24) is 0 Å². The maximum Gasteiger partial charge on any atom is 0.335 e. The highest BCUT2D eigenvalue weighted by Crippen LogP contribution is 2.23. The molecule has 5 heteroatoms. The van der Waals surface area contributed by atoms with Crippen molar-refractivity contribution in [3.63, 3.8) is 0 Å². The second-order valence-electron chi connectivity index (χ2n) is 4.11. The fourth-order valence-corrected chi connectivity index (χ4v) is 1.60. The first-order valence-corrected chi connectivity index (χ1v) is 5.98. The number of nitrogens with zero attached hydrogens (tertiary/aromatic N) is 1. The summed E-state index contributed by atoms with van der Waals surface area (Å²) in [7, 11) is 1.90. The molecule has 100 valence electrons. The molecule has 0 fully saturated rings. The predicted molar refractivity (Wildman–Crippen MR) is 72.2 cm³/mol. The average molecular weight is 252 g/mol. The number of carbonyl (C=O) groups is 1. The number of ether oxygens (including phenoxy) is 1. The molecule has 0 bridgehead atoms. The van der Waals surface area contributed by atoms with Crippen molar-refractivity contribution >= 4 is 17.3 Å². The van der Waals surface area contributed by atoms with Crippen LogP contribution < -0.4 is 10.6 Å². The zero-order chi connectivity index (χ0) is 13.5. The van der Waals surface area contributed by atoms with E-state index in [0.29, 0.717) is 12.3 Å². The van der Waals surface area contributed by atoms with E-state index in [9.17, 15) is 4.79 Å². The van der Waals surface area contributed by atoms with Crippen molar-refractivity contribution in [3.8, 4) is 0 Å². The van der Waals surface area contributed by atoms with Gasteiger partial charge in [0.15, 0.2) is 0 Å². The molecule has 0 saturated carbocycles. The van der Waals surface area contributed by atoms with Crippen molar-refractivity contribution in [2.45, 2.75) is 13.3 Å². The number of anilines is 2. The molecule has 0 atom stereocenters. The van der Waals surface area contributed by atoms with Gasteiger partial charge in [-0.15, -0.1) is 0 Å². The third-order valence-corrected chi connectivity index (χ3v) is 2.61. The van der Waals surface area contributed by atoms with Gasteiger partial charge >= 0.3 is 5.97 Å². The first-order chi connectivity index (χ1) is 8.56. The van der Waals surface area contributed by atoms with Gasteiger partial charge in [-0.1, -0.05) is 6.92 Å². The number of benzene rings is 1. The van der Waals surface area contributed by atoms with Crippen LogP contribution in [0.1, 0.15) is 23.7 Å². The van der Waals surface area contributed by atoms with Crippen molar-refractivity contribution in [3.05, 3.63) is 23.8 Å². The van der Waals surface area contributed by atoms with Crippen molar-refractivity contribution < 1.29 is 14.6 Å². The quantitative estimate of drug-likeness (QED) is 0.572. The summed E-state index contributed by atoms with van der Waals surface area (Å²) >= 11 is 0. The molecule has 18 heavy (non-hydrogen) atoms. The van der Waals surface area contributed by atoms with Gasteiger partial charge in [-0.05, 0) is 24.6 Å². The highest BCUT2D eigenvalue weighted by molar-refractivity contribution is 5.90. The summed E-state index contributed by atoms with van der Waals surface area (Å²) < 4.78 is 5.40. The van der Waals surface area contributed by atoms with Crippen LogP contribution in [-0.2, 0) is 4.74 Å². The smallest absolute Gasteiger partial charge is 0.335 e. The Balaban J connectivity index is 2.62. The lowest BCUT2D eigenvalue weighted by atomic mass is 10.1. The summed E-state index contributed by atoms with van der Waals surface area (Å²) in [6.07, 6.45) is 0.999. The maximum absolute atomic E-state index is 10.8. The topological polar surface area (TPSA) is 75.8 Å². The maximum atomic E-state index is 10.8. The van der Waals surface area contributed by atoms with Gasteiger partial charge < -0.3 is 20.5 Å². The lowest BCUT2D eigenvalue weighted by Crippen LogP contribution is -2.23. The molecule has 0 aliphatic heterocycles. The van der Waals surface area contributed by atoms with Crippen LogP contribution in [0.3, 0.4) is 0 Å². The van der Waals surface area contributed by atoms with Crippen LogP contribution in [-0.4, -0.2) is 37.9 Å². The third-order valence-electron chi connectivity index (χ3n) is 2.61. The molecule has 0 aliphatic rings. The second-order valence-corrected chi connectivity index (χ2v) is 4.11. The lowest BCUT2D eigenvalue weighted by molar-refractivity contribution is 0.0697. The van der Waals surface area contributed by atoms with Crippen molar-refractivity contribution in [2.75, 3.05) is 37.4 Å². The van der Waals surface area contributed by atoms with Gasteiger partial charge in [0.1, 0.15) is 0 Å². The molecule has 1 rings (SSSR count). The number of hydrogen-bond acceptors (Lipinski definition) is 4. The van der Waals surface area contributed by atoms with E-state index in [4.69, 9.17) is 15.6 Å². The summed E-state index contributed by atoms with van der Waals surface area (Å²) in [6, 6.07) is 4.75. The van der Waals surface area contributed by atoms with E-state index >= 15 is 0 Å². The Morgan fingerprint density at radius 3 is 2.72 bits per heavy atom. The van der Waals surface area contributed by atoms with Gasteiger partial charge in [0, 0.05) is 20.2 Å². The van der Waals surface area contributed by atoms with E-state index in [1.165, 1.54) is 6.07 Å². The number of carboxylic acid groups (broad SMARTS) is 1. The Morgan fingerprint density at radius 1 is 1.44 bits per heavy atom. The van der Waals surface area contributed by atoms with Gasteiger partial charge in [-0.3, -0.25) is 0 Å². The molecule has 0 saturated heterocycles. The second kappa shape index (κ2) is 6.86. The van der Waals surface area contributed by atoms with Crippen LogP contribution in [0.5, 0.6) is 0 Å². The minimum atomic E-state index is -0.970. The summed E-state index contributed by atoms with van der Waals surface area (Å²) in [5, 5.41) is 8.85. The molecule has 0 heterocycles. The Bertz CT molecular complexity index is 407. The van der Waals surface area contributed by atoms with E-state index in [0.717, 1.165) is 25.3 Å². The molecule has 0 radical (unpaired) electrons. The molecular formula is C13H20N2O3. The molecule has 0 spiro atoms. The monoisotopic (exact) mass is 252 g/mol. The fraction of sp³-hybridized carbons (Fsp3) is 0.462. The molecule has 0 unspecified atom stereocenters. The standard InChI is InChI=1S/C13H20N2O3/c1-3-7-18-8-6-15(2)12-5-4-10(13(16)17)9-11(12)14/h4-5,9H,3,6-8,14H2,1-2H3,(H,16,17). The third kappa shape index (κ3) is 3.92. The largest absolute Gasteiger partial charge is 0.478 e. The summed E-state index contributed by atoms with van der Waals surface area (Å²) in [4.78, 5) is 12.7. The number of hydrogen-bond donors (Lipinski definition) is 2. The first-order valence-electron chi connectivity index (χ1n) is 5.98. The number of carboxylic acids is 1. The van der Waals surface area contributed by atoms with Crippen LogP contribution in [0, 0.1) is 0 Å². The van der Waals surface area contributed by atoms with Crippen LogP contribution in [0.4, 0.5) is 11.4 Å². The molecule has 1 aromatic rings. The number of likely N-dealkylation sites (N-methyl/N-ethyl adjacent to an activating group) is 1. The number of rotatable bonds is 7. The van der Waals surface area contributed by atoms with Gasteiger partial charge in [-0.25, -0.2) is 4.79 Å². The molecule has 1 aromatic carbocycles. The van der Waals surface area contributed by atoms with E-state index in [1.54, 1.807) is 12.1 Å². The highest BCUT2D eigenvalue weighted by atomic mass is 16.5. The summed E-state index contributed by atoms with van der Waals surface area (Å²) in [5.41, 5.74) is 7.33. The van der Waals surface area contributed by atoms with Gasteiger partial charge in [0.05, 0.1) is 23.5 Å². The van der Waals surface area contributed by atoms with Crippen LogP contribution >= 0.6 is 0 Å². The average Bonchev–Trinajstić information content (AvgIpc) is 2.34. The highest BCUT2D eigenvalue weighted by Gasteiger charge is 2.09. The number of aromatic carboxylic acids is 1. The summed E-state index contributed by atoms with van der Waals surface area (Å²) in [6.45, 7) is 4.16. The number of nitrogen functional groups attached to an aromatic ring is 1. The Kier molecular flexibility index (Phi) is 5.45. The summed E-state index contributed by atoms with van der Waals surface area (Å²) in [5.74, 6) is -0.970. The minimum absolute atomic E-state index is 0.201. The molecular weight excluding hydrogens is 232 g/mol. The van der Waals surface area contributed by atoms with E-state index in [-0.39, 0.29) is 5.56 Å². The van der Waals surface area contributed by atoms with Crippen LogP contribution in [0.25, 0.3) is 0 Å². The zero-order valence-electron chi connectivity index (χ0n) is 10.8. The molecule has 5 nitrogen and oxygen atoms in total. The molecule has 0 aromatic heterocycles. The number of nitrogens with two attached hydrogens (primary N) is 1. The Labute approximate surface area is 107 Å². The molecule has 0 aliphatic carbocycles. The van der Waals surface area contributed by atoms with Crippen molar-refractivity contribution in [2.24, 2.45) is 0 Å². The Hall–Kier alpha value is -1.75. The van der Waals surface area contributed by atoms with E-state index < -0.39 is 5.97 Å². The Morgan fingerprint density at radius 2 is 2.17 bits per heavy atom. The molecule has 3 N–H and O–H groups in total. The van der Waals surface area contributed by atoms with E-state index in [2.05, 4.69) is 6.92 Å². The fourth-order valence-electron chi connectivity index (χ4n) is 1.60. The van der Waals surface area contributed by atoms with Crippen LogP contribution in [0.2, 0.25) is 0 Å². The van der Waals surface area contributed by atoms with E-state index in [1.807, 2.05) is 11.9 Å². The van der Waals surface area contributed by atoms with Gasteiger partial charge in [0.2, 0.25) is 0 Å². The predicted octanol–water partition coefficient (Wildman–Crippen LogP) is 1.83. The molecule has 0 amide bonds. The van der Waals surface area contributed by atoms with Gasteiger partial charge in [-0.2, -0.15) is 0 Å². The van der Waals surface area contributed by atoms with Gasteiger partial charge in [0.25, 0.3) is 0 Å². The van der Waals surface area contributed by atoms with Crippen LogP contribution in [0.15, 0.2) is 18.2 Å². The zero-order valence-corrected chi connectivity index (χ0v) is 10.8. The van der Waals surface area contributed by atoms with Crippen molar-refractivity contribution in [1.29, 1.82) is 0 Å². The lowest BCUT2D eigenvalue weighted by Gasteiger charge is -2.21. The minimum Gasteiger partial charge on any atom is -0.478 e. The first kappa shape index (κ1) is 14.3.